The van der Waals surface area contributed by atoms with Crippen molar-refractivity contribution in [2.75, 3.05) is 0 Å². The molecule has 20 heavy (non-hydrogen) atoms. The SMILES string of the molecule is C=C(C)[C@H]1Oc2ccccc2/C1=C\c1cccc(Cl)c1. The third kappa shape index (κ3) is 2.37. The van der Waals surface area contributed by atoms with Crippen molar-refractivity contribution in [3.05, 3.63) is 76.8 Å². The third-order valence-electron chi connectivity index (χ3n) is 3.34. The Bertz CT molecular complexity index is 700. The zero-order valence-corrected chi connectivity index (χ0v) is 12.0. The van der Waals surface area contributed by atoms with Crippen LogP contribution in [0.2, 0.25) is 5.02 Å². The Labute approximate surface area is 124 Å². The fourth-order valence-electron chi connectivity index (χ4n) is 2.44. The second-order valence-electron chi connectivity index (χ2n) is 5.00. The minimum atomic E-state index is -0.0913. The fourth-order valence-corrected chi connectivity index (χ4v) is 2.63. The first-order valence-corrected chi connectivity index (χ1v) is 6.91. The van der Waals surface area contributed by atoms with E-state index in [1.807, 2.05) is 49.4 Å². The number of hydrogen-bond donors (Lipinski definition) is 0. The molecule has 0 unspecified atom stereocenters. The molecule has 0 radical (unpaired) electrons. The van der Waals surface area contributed by atoms with Crippen molar-refractivity contribution >= 4 is 23.3 Å². The molecule has 1 heterocycles. The van der Waals surface area contributed by atoms with Crippen molar-refractivity contribution in [1.82, 2.24) is 0 Å². The van der Waals surface area contributed by atoms with Crippen molar-refractivity contribution in [3.8, 4) is 5.75 Å². The van der Waals surface area contributed by atoms with Gasteiger partial charge in [-0.2, -0.15) is 0 Å². The van der Waals surface area contributed by atoms with Gasteiger partial charge in [-0.15, -0.1) is 0 Å². The molecule has 0 N–H and O–H groups in total. The number of ether oxygens (including phenoxy) is 1. The second-order valence-corrected chi connectivity index (χ2v) is 5.43. The minimum Gasteiger partial charge on any atom is -0.481 e. The van der Waals surface area contributed by atoms with E-state index in [1.54, 1.807) is 0 Å². The van der Waals surface area contributed by atoms with E-state index < -0.39 is 0 Å². The smallest absolute Gasteiger partial charge is 0.145 e. The van der Waals surface area contributed by atoms with E-state index in [0.29, 0.717) is 0 Å². The minimum absolute atomic E-state index is 0.0913. The average molecular weight is 283 g/mol. The van der Waals surface area contributed by atoms with Gasteiger partial charge in [0, 0.05) is 16.2 Å². The van der Waals surface area contributed by atoms with Crippen LogP contribution in [0.4, 0.5) is 0 Å². The van der Waals surface area contributed by atoms with Crippen LogP contribution in [-0.2, 0) is 0 Å². The van der Waals surface area contributed by atoms with Gasteiger partial charge in [0.2, 0.25) is 0 Å². The Morgan fingerprint density at radius 2 is 2.00 bits per heavy atom. The molecule has 1 nitrogen and oxygen atoms in total. The largest absolute Gasteiger partial charge is 0.481 e. The maximum absolute atomic E-state index is 6.05. The second kappa shape index (κ2) is 5.18. The summed E-state index contributed by atoms with van der Waals surface area (Å²) >= 11 is 6.05. The summed E-state index contributed by atoms with van der Waals surface area (Å²) in [6.07, 6.45) is 2.03. The quantitative estimate of drug-likeness (QED) is 0.686. The van der Waals surface area contributed by atoms with Gasteiger partial charge in [-0.25, -0.2) is 0 Å². The van der Waals surface area contributed by atoms with Crippen LogP contribution in [-0.4, -0.2) is 6.10 Å². The van der Waals surface area contributed by atoms with E-state index in [9.17, 15) is 0 Å². The van der Waals surface area contributed by atoms with Gasteiger partial charge in [0.25, 0.3) is 0 Å². The summed E-state index contributed by atoms with van der Waals surface area (Å²) in [6.45, 7) is 6.03. The van der Waals surface area contributed by atoms with Crippen LogP contribution < -0.4 is 4.74 Å². The van der Waals surface area contributed by atoms with Gasteiger partial charge in [-0.1, -0.05) is 48.5 Å². The van der Waals surface area contributed by atoms with Gasteiger partial charge in [-0.05, 0) is 42.3 Å². The summed E-state index contributed by atoms with van der Waals surface area (Å²) < 4.78 is 5.98. The topological polar surface area (TPSA) is 9.23 Å². The maximum atomic E-state index is 6.05. The molecule has 0 aliphatic carbocycles. The molecule has 2 aromatic carbocycles. The Morgan fingerprint density at radius 3 is 2.75 bits per heavy atom. The first kappa shape index (κ1) is 13.0. The number of rotatable bonds is 2. The van der Waals surface area contributed by atoms with Gasteiger partial charge in [-0.3, -0.25) is 0 Å². The summed E-state index contributed by atoms with van der Waals surface area (Å²) in [5.41, 5.74) is 4.32. The van der Waals surface area contributed by atoms with Crippen LogP contribution in [0.3, 0.4) is 0 Å². The van der Waals surface area contributed by atoms with E-state index >= 15 is 0 Å². The third-order valence-corrected chi connectivity index (χ3v) is 3.58. The summed E-state index contributed by atoms with van der Waals surface area (Å²) in [6, 6.07) is 15.9. The lowest BCUT2D eigenvalue weighted by Crippen LogP contribution is -2.12. The van der Waals surface area contributed by atoms with Gasteiger partial charge in [0.1, 0.15) is 11.9 Å². The van der Waals surface area contributed by atoms with Crippen LogP contribution >= 0.6 is 11.6 Å². The zero-order chi connectivity index (χ0) is 14.1. The average Bonchev–Trinajstić information content (AvgIpc) is 2.78. The summed E-state index contributed by atoms with van der Waals surface area (Å²) in [4.78, 5) is 0. The highest BCUT2D eigenvalue weighted by Gasteiger charge is 2.28. The predicted octanol–water partition coefficient (Wildman–Crippen LogP) is 5.22. The number of benzene rings is 2. The zero-order valence-electron chi connectivity index (χ0n) is 11.3. The van der Waals surface area contributed by atoms with Crippen molar-refractivity contribution in [3.63, 3.8) is 0 Å². The van der Waals surface area contributed by atoms with Crippen LogP contribution in [0.25, 0.3) is 11.6 Å². The molecule has 0 fully saturated rings. The molecule has 0 saturated carbocycles. The molecule has 0 amide bonds. The molecule has 3 rings (SSSR count). The van der Waals surface area contributed by atoms with Gasteiger partial charge in [0.05, 0.1) is 0 Å². The van der Waals surface area contributed by atoms with E-state index in [2.05, 4.69) is 18.7 Å². The van der Waals surface area contributed by atoms with Crippen molar-refractivity contribution in [2.24, 2.45) is 0 Å². The fraction of sp³-hybridized carbons (Fsp3) is 0.111. The van der Waals surface area contributed by atoms with E-state index in [-0.39, 0.29) is 6.10 Å². The maximum Gasteiger partial charge on any atom is 0.145 e. The normalized spacial score (nSPS) is 18.7. The molecule has 0 aromatic heterocycles. The lowest BCUT2D eigenvalue weighted by molar-refractivity contribution is 0.312. The molecule has 1 atom stereocenters. The lowest BCUT2D eigenvalue weighted by atomic mass is 9.96. The molecule has 1 aliphatic heterocycles. The van der Waals surface area contributed by atoms with Crippen LogP contribution in [0.1, 0.15) is 18.1 Å². The van der Waals surface area contributed by atoms with Gasteiger partial charge in [0.15, 0.2) is 0 Å². The molecule has 0 bridgehead atoms. The standard InChI is InChI=1S/C18H15ClO/c1-12(2)18-16(11-13-6-5-7-14(19)10-13)15-8-3-4-9-17(15)20-18/h3-11,18H,1H2,2H3/b16-11+/t18-/m1/s1. The Kier molecular flexibility index (Phi) is 3.37. The first-order valence-electron chi connectivity index (χ1n) is 6.54. The molecule has 0 saturated heterocycles. The molecular weight excluding hydrogens is 268 g/mol. The van der Waals surface area contributed by atoms with Crippen LogP contribution in [0, 0.1) is 0 Å². The summed E-state index contributed by atoms with van der Waals surface area (Å²) in [7, 11) is 0. The highest BCUT2D eigenvalue weighted by atomic mass is 35.5. The first-order chi connectivity index (χ1) is 9.65. The van der Waals surface area contributed by atoms with E-state index in [1.165, 1.54) is 0 Å². The Morgan fingerprint density at radius 1 is 1.20 bits per heavy atom. The number of fused-ring (bicyclic) bond motifs is 1. The molecule has 1 aliphatic rings. The Balaban J connectivity index is 2.11. The molecule has 2 heteroatoms. The highest BCUT2D eigenvalue weighted by molar-refractivity contribution is 6.30. The van der Waals surface area contributed by atoms with Crippen molar-refractivity contribution in [2.45, 2.75) is 13.0 Å². The number of hydrogen-bond acceptors (Lipinski definition) is 1. The van der Waals surface area contributed by atoms with Gasteiger partial charge < -0.3 is 4.74 Å². The van der Waals surface area contributed by atoms with Crippen molar-refractivity contribution in [1.29, 1.82) is 0 Å². The molecule has 100 valence electrons. The predicted molar refractivity (Wildman–Crippen MR) is 85.0 cm³/mol. The van der Waals surface area contributed by atoms with Gasteiger partial charge >= 0.3 is 0 Å². The molecule has 2 aromatic rings. The van der Waals surface area contributed by atoms with Crippen LogP contribution in [0.15, 0.2) is 60.7 Å². The lowest BCUT2D eigenvalue weighted by Gasteiger charge is -2.12. The Hall–Kier alpha value is -1.99. The summed E-state index contributed by atoms with van der Waals surface area (Å²) in [5.74, 6) is 0.911. The van der Waals surface area contributed by atoms with Crippen molar-refractivity contribution < 1.29 is 4.74 Å². The van der Waals surface area contributed by atoms with E-state index in [4.69, 9.17) is 16.3 Å². The highest BCUT2D eigenvalue weighted by Crippen LogP contribution is 2.40. The molecule has 0 spiro atoms. The monoisotopic (exact) mass is 282 g/mol. The molecular formula is C18H15ClO. The number of halogens is 1. The van der Waals surface area contributed by atoms with E-state index in [0.717, 1.165) is 33.0 Å². The summed E-state index contributed by atoms with van der Waals surface area (Å²) in [5, 5.41) is 0.735. The number of para-hydroxylation sites is 1. The van der Waals surface area contributed by atoms with Crippen LogP contribution in [0.5, 0.6) is 5.75 Å².